The van der Waals surface area contributed by atoms with E-state index >= 15 is 0 Å². The summed E-state index contributed by atoms with van der Waals surface area (Å²) in [7, 11) is 0. The molecule has 4 aliphatic carbocycles. The van der Waals surface area contributed by atoms with Gasteiger partial charge in [-0.05, 0) is 75.2 Å². The number of likely N-dealkylation sites (tertiary alicyclic amines) is 1. The summed E-state index contributed by atoms with van der Waals surface area (Å²) in [6.07, 6.45) is 12.2. The molecule has 1 saturated heterocycles. The summed E-state index contributed by atoms with van der Waals surface area (Å²) in [5, 5.41) is 0. The Kier molecular flexibility index (Phi) is 4.18. The Hall–Kier alpha value is -1.23. The van der Waals surface area contributed by atoms with Crippen molar-refractivity contribution in [2.24, 2.45) is 17.8 Å². The SMILES string of the molecule is O=C(CSC12CC3CC(CC(C3)C1)C2)c1c[nH]c(C(=O)N2CCCC2)c1. The molecule has 1 aromatic heterocycles. The van der Waals surface area contributed by atoms with Crippen molar-refractivity contribution >= 4 is 23.5 Å². The molecular formula is C21H28N2O2S. The van der Waals surface area contributed by atoms with Crippen LogP contribution in [0.1, 0.15) is 72.2 Å². The van der Waals surface area contributed by atoms with Crippen LogP contribution in [0.4, 0.5) is 0 Å². The normalized spacial score (nSPS) is 35.2. The van der Waals surface area contributed by atoms with Crippen molar-refractivity contribution in [1.82, 2.24) is 9.88 Å². The van der Waals surface area contributed by atoms with Gasteiger partial charge in [0.25, 0.3) is 5.91 Å². The number of amides is 1. The molecule has 26 heavy (non-hydrogen) atoms. The average Bonchev–Trinajstić information content (AvgIpc) is 3.30. The third-order valence-corrected chi connectivity index (χ3v) is 8.64. The Balaban J connectivity index is 1.22. The zero-order valence-electron chi connectivity index (χ0n) is 15.3. The Morgan fingerprint density at radius 3 is 2.31 bits per heavy atom. The molecule has 4 saturated carbocycles. The fraction of sp³-hybridized carbons (Fsp3) is 0.714. The second kappa shape index (κ2) is 6.43. The van der Waals surface area contributed by atoms with Crippen molar-refractivity contribution in [3.05, 3.63) is 23.5 Å². The number of rotatable bonds is 5. The van der Waals surface area contributed by atoms with Crippen LogP contribution in [-0.4, -0.2) is 45.2 Å². The first-order valence-corrected chi connectivity index (χ1v) is 11.2. The van der Waals surface area contributed by atoms with Crippen LogP contribution >= 0.6 is 11.8 Å². The molecule has 2 heterocycles. The van der Waals surface area contributed by atoms with E-state index in [0.29, 0.717) is 21.8 Å². The highest BCUT2D eigenvalue weighted by atomic mass is 32.2. The van der Waals surface area contributed by atoms with Gasteiger partial charge in [0.1, 0.15) is 5.69 Å². The molecule has 6 rings (SSSR count). The van der Waals surface area contributed by atoms with E-state index in [1.54, 1.807) is 12.3 Å². The van der Waals surface area contributed by atoms with Crippen LogP contribution in [-0.2, 0) is 0 Å². The first kappa shape index (κ1) is 16.9. The van der Waals surface area contributed by atoms with Gasteiger partial charge in [-0.3, -0.25) is 9.59 Å². The maximum Gasteiger partial charge on any atom is 0.270 e. The van der Waals surface area contributed by atoms with Crippen molar-refractivity contribution in [1.29, 1.82) is 0 Å². The molecule has 1 N–H and O–H groups in total. The van der Waals surface area contributed by atoms with Gasteiger partial charge in [-0.1, -0.05) is 0 Å². The van der Waals surface area contributed by atoms with Crippen LogP contribution in [0.25, 0.3) is 0 Å². The third-order valence-electron chi connectivity index (χ3n) is 7.12. The molecule has 0 radical (unpaired) electrons. The molecule has 0 spiro atoms. The number of aromatic amines is 1. The molecule has 4 bridgehead atoms. The van der Waals surface area contributed by atoms with Crippen LogP contribution in [0, 0.1) is 17.8 Å². The van der Waals surface area contributed by atoms with Crippen molar-refractivity contribution in [2.75, 3.05) is 18.8 Å². The van der Waals surface area contributed by atoms with Crippen LogP contribution in [0.2, 0.25) is 0 Å². The summed E-state index contributed by atoms with van der Waals surface area (Å²) in [6.45, 7) is 1.67. The van der Waals surface area contributed by atoms with Crippen molar-refractivity contribution in [3.8, 4) is 0 Å². The first-order valence-electron chi connectivity index (χ1n) is 10.3. The monoisotopic (exact) mass is 372 g/mol. The topological polar surface area (TPSA) is 53.2 Å². The first-order chi connectivity index (χ1) is 12.6. The number of nitrogens with zero attached hydrogens (tertiary/aromatic N) is 1. The van der Waals surface area contributed by atoms with Gasteiger partial charge < -0.3 is 9.88 Å². The zero-order valence-corrected chi connectivity index (χ0v) is 16.2. The fourth-order valence-electron chi connectivity index (χ4n) is 6.28. The van der Waals surface area contributed by atoms with Crippen LogP contribution < -0.4 is 0 Å². The molecule has 1 amide bonds. The number of hydrogen-bond donors (Lipinski definition) is 1. The van der Waals surface area contributed by atoms with Gasteiger partial charge >= 0.3 is 0 Å². The molecule has 1 aromatic rings. The maximum absolute atomic E-state index is 12.7. The Labute approximate surface area is 159 Å². The predicted molar refractivity (Wildman–Crippen MR) is 104 cm³/mol. The van der Waals surface area contributed by atoms with Crippen molar-refractivity contribution in [2.45, 2.75) is 56.1 Å². The van der Waals surface area contributed by atoms with E-state index in [1.807, 2.05) is 16.7 Å². The molecule has 0 unspecified atom stereocenters. The van der Waals surface area contributed by atoms with Gasteiger partial charge in [-0.15, -0.1) is 11.8 Å². The van der Waals surface area contributed by atoms with Gasteiger partial charge in [0.2, 0.25) is 0 Å². The maximum atomic E-state index is 12.7. The van der Waals surface area contributed by atoms with E-state index in [1.165, 1.54) is 38.5 Å². The Morgan fingerprint density at radius 1 is 1.08 bits per heavy atom. The van der Waals surface area contributed by atoms with Crippen LogP contribution in [0.5, 0.6) is 0 Å². The van der Waals surface area contributed by atoms with Gasteiger partial charge in [0.05, 0.1) is 5.75 Å². The molecule has 5 heteroatoms. The number of carbonyl (C=O) groups excluding carboxylic acids is 2. The number of thioether (sulfide) groups is 1. The van der Waals surface area contributed by atoms with Crippen molar-refractivity contribution in [3.63, 3.8) is 0 Å². The Bertz CT molecular complexity index is 684. The van der Waals surface area contributed by atoms with E-state index in [9.17, 15) is 9.59 Å². The molecule has 0 aromatic carbocycles. The minimum Gasteiger partial charge on any atom is -0.356 e. The van der Waals surface area contributed by atoms with E-state index in [0.717, 1.165) is 43.7 Å². The highest BCUT2D eigenvalue weighted by Gasteiger charge is 2.51. The minimum atomic E-state index is 0.0373. The number of Topliss-reactive ketones (excluding diaryl/α,β-unsaturated/α-hetero) is 1. The summed E-state index contributed by atoms with van der Waals surface area (Å²) in [6, 6.07) is 1.77. The quantitative estimate of drug-likeness (QED) is 0.791. The molecule has 4 nitrogen and oxygen atoms in total. The van der Waals surface area contributed by atoms with Crippen LogP contribution in [0.3, 0.4) is 0 Å². The highest BCUT2D eigenvalue weighted by molar-refractivity contribution is 8.01. The van der Waals surface area contributed by atoms with Gasteiger partial charge in [0.15, 0.2) is 5.78 Å². The number of H-pyrrole nitrogens is 1. The molecule has 5 fully saturated rings. The van der Waals surface area contributed by atoms with Gasteiger partial charge in [-0.25, -0.2) is 0 Å². The number of ketones is 1. The molecule has 140 valence electrons. The number of hydrogen-bond acceptors (Lipinski definition) is 3. The second-order valence-corrected chi connectivity index (χ2v) is 10.6. The molecule has 1 aliphatic heterocycles. The third kappa shape index (κ3) is 3.02. The van der Waals surface area contributed by atoms with E-state index in [-0.39, 0.29) is 11.7 Å². The largest absolute Gasteiger partial charge is 0.356 e. The lowest BCUT2D eigenvalue weighted by Crippen LogP contribution is -2.48. The molecular weight excluding hydrogens is 344 g/mol. The van der Waals surface area contributed by atoms with E-state index in [4.69, 9.17) is 0 Å². The summed E-state index contributed by atoms with van der Waals surface area (Å²) in [5.74, 6) is 3.52. The van der Waals surface area contributed by atoms with Gasteiger partial charge in [-0.2, -0.15) is 0 Å². The second-order valence-electron chi connectivity index (χ2n) is 9.11. The minimum absolute atomic E-state index is 0.0373. The number of aromatic nitrogens is 1. The van der Waals surface area contributed by atoms with E-state index in [2.05, 4.69) is 4.98 Å². The van der Waals surface area contributed by atoms with Crippen LogP contribution in [0.15, 0.2) is 12.3 Å². The Morgan fingerprint density at radius 2 is 1.69 bits per heavy atom. The summed E-state index contributed by atoms with van der Waals surface area (Å²) in [5.41, 5.74) is 1.24. The number of nitrogens with one attached hydrogen (secondary N) is 1. The van der Waals surface area contributed by atoms with Gasteiger partial charge in [0, 0.05) is 29.6 Å². The zero-order chi connectivity index (χ0) is 17.7. The lowest BCUT2D eigenvalue weighted by atomic mass is 9.56. The van der Waals surface area contributed by atoms with Crippen molar-refractivity contribution < 1.29 is 9.59 Å². The summed E-state index contributed by atoms with van der Waals surface area (Å²) in [4.78, 5) is 30.1. The average molecular weight is 373 g/mol. The molecule has 0 atom stereocenters. The lowest BCUT2D eigenvalue weighted by molar-refractivity contribution is 0.0383. The number of carbonyl (C=O) groups is 2. The smallest absolute Gasteiger partial charge is 0.270 e. The molecule has 5 aliphatic rings. The predicted octanol–water partition coefficient (Wildman–Crippen LogP) is 4.14. The highest BCUT2D eigenvalue weighted by Crippen LogP contribution is 2.60. The fourth-order valence-corrected chi connectivity index (χ4v) is 7.94. The summed E-state index contributed by atoms with van der Waals surface area (Å²) >= 11 is 1.92. The lowest BCUT2D eigenvalue weighted by Gasteiger charge is -2.56. The van der Waals surface area contributed by atoms with E-state index < -0.39 is 0 Å². The summed E-state index contributed by atoms with van der Waals surface area (Å²) < 4.78 is 0.370. The standard InChI is InChI=1S/C21H28N2O2S/c24-19(17-8-18(22-12-17)20(25)23-3-1-2-4-23)13-26-21-9-14-5-15(10-21)7-16(6-14)11-21/h8,12,14-16,22H,1-7,9-11,13H2.